The molecule has 1 aromatic carbocycles. The van der Waals surface area contributed by atoms with E-state index in [0.29, 0.717) is 5.41 Å². The van der Waals surface area contributed by atoms with Crippen molar-refractivity contribution in [3.05, 3.63) is 35.9 Å². The number of rotatable bonds is 2. The van der Waals surface area contributed by atoms with Gasteiger partial charge in [0.25, 0.3) is 0 Å². The van der Waals surface area contributed by atoms with Gasteiger partial charge in [0.2, 0.25) is 0 Å². The average molecular weight is 261 g/mol. The minimum absolute atomic E-state index is 0.629. The first-order valence-electron chi connectivity index (χ1n) is 7.21. The molecule has 3 rings (SSSR count). The summed E-state index contributed by atoms with van der Waals surface area (Å²) in [6.07, 6.45) is 5.53. The second-order valence-electron chi connectivity index (χ2n) is 5.86. The van der Waals surface area contributed by atoms with Gasteiger partial charge in [0, 0.05) is 0 Å². The summed E-state index contributed by atoms with van der Waals surface area (Å²) in [7, 11) is 0. The van der Waals surface area contributed by atoms with Crippen LogP contribution in [0.1, 0.15) is 24.8 Å². The number of benzene rings is 1. The van der Waals surface area contributed by atoms with Gasteiger partial charge in [0.05, 0.1) is 0 Å². The zero-order valence-corrected chi connectivity index (χ0v) is 11.8. The van der Waals surface area contributed by atoms with E-state index in [1.165, 1.54) is 55.8 Å². The molecule has 2 heterocycles. The minimum atomic E-state index is 0.629. The Bertz CT molecular complexity index is 362. The molecule has 2 aliphatic rings. The molecule has 0 aromatic heterocycles. The third-order valence-corrected chi connectivity index (χ3v) is 6.09. The fourth-order valence-corrected chi connectivity index (χ4v) is 5.04. The highest BCUT2D eigenvalue weighted by Gasteiger charge is 2.41. The smallest absolute Gasteiger partial charge is 0.000708 e. The summed E-state index contributed by atoms with van der Waals surface area (Å²) in [6.45, 7) is 2.45. The third kappa shape index (κ3) is 2.60. The summed E-state index contributed by atoms with van der Waals surface area (Å²) in [5.41, 5.74) is 2.14. The van der Waals surface area contributed by atoms with E-state index in [4.69, 9.17) is 0 Å². The van der Waals surface area contributed by atoms with Crippen LogP contribution in [0.15, 0.2) is 30.3 Å². The van der Waals surface area contributed by atoms with Crippen molar-refractivity contribution >= 4 is 11.8 Å². The predicted octanol–water partition coefficient (Wildman–Crippen LogP) is 3.35. The fourth-order valence-electron chi connectivity index (χ4n) is 3.61. The van der Waals surface area contributed by atoms with Gasteiger partial charge in [-0.05, 0) is 67.2 Å². The van der Waals surface area contributed by atoms with Crippen LogP contribution in [0.5, 0.6) is 0 Å². The number of nitrogens with one attached hydrogen (secondary N) is 1. The van der Waals surface area contributed by atoms with Crippen LogP contribution in [0.4, 0.5) is 0 Å². The lowest BCUT2D eigenvalue weighted by molar-refractivity contribution is 0.119. The van der Waals surface area contributed by atoms with Crippen LogP contribution >= 0.6 is 11.8 Å². The Morgan fingerprint density at radius 2 is 2.11 bits per heavy atom. The molecule has 2 aliphatic heterocycles. The highest BCUT2D eigenvalue weighted by atomic mass is 32.2. The Balaban J connectivity index is 1.75. The van der Waals surface area contributed by atoms with E-state index in [1.54, 1.807) is 0 Å². The lowest BCUT2D eigenvalue weighted by atomic mass is 9.67. The van der Waals surface area contributed by atoms with E-state index in [2.05, 4.69) is 47.4 Å². The largest absolute Gasteiger partial charge is 0.316 e. The minimum Gasteiger partial charge on any atom is -0.316 e. The maximum absolute atomic E-state index is 3.62. The summed E-state index contributed by atoms with van der Waals surface area (Å²) in [6, 6.07) is 11.0. The maximum atomic E-state index is 3.62. The standard InChI is InChI=1S/C16H23NS/c1-2-5-14(6-3-1)11-15-12-17-9-8-16(15)7-4-10-18-13-16/h1-3,5-6,15,17H,4,7-13H2. The van der Waals surface area contributed by atoms with Gasteiger partial charge in [-0.2, -0.15) is 11.8 Å². The topological polar surface area (TPSA) is 12.0 Å². The van der Waals surface area contributed by atoms with Gasteiger partial charge < -0.3 is 5.32 Å². The molecule has 2 atom stereocenters. The van der Waals surface area contributed by atoms with Crippen molar-refractivity contribution in [1.29, 1.82) is 0 Å². The highest BCUT2D eigenvalue weighted by molar-refractivity contribution is 7.99. The normalized spacial score (nSPS) is 32.6. The monoisotopic (exact) mass is 261 g/mol. The molecular formula is C16H23NS. The SMILES string of the molecule is c1ccc(CC2CNCCC23CCCSC3)cc1. The van der Waals surface area contributed by atoms with E-state index in [1.807, 2.05) is 0 Å². The van der Waals surface area contributed by atoms with Crippen LogP contribution in [0.2, 0.25) is 0 Å². The Labute approximate surface area is 115 Å². The molecule has 1 spiro atoms. The van der Waals surface area contributed by atoms with Crippen molar-refractivity contribution in [2.75, 3.05) is 24.6 Å². The van der Waals surface area contributed by atoms with Crippen molar-refractivity contribution in [3.8, 4) is 0 Å². The molecule has 18 heavy (non-hydrogen) atoms. The molecule has 2 unspecified atom stereocenters. The van der Waals surface area contributed by atoms with Crippen LogP contribution in [0.25, 0.3) is 0 Å². The van der Waals surface area contributed by atoms with Crippen molar-refractivity contribution in [3.63, 3.8) is 0 Å². The van der Waals surface area contributed by atoms with Gasteiger partial charge in [0.1, 0.15) is 0 Å². The summed E-state index contributed by atoms with van der Waals surface area (Å²) in [5, 5.41) is 3.62. The van der Waals surface area contributed by atoms with E-state index < -0.39 is 0 Å². The lowest BCUT2D eigenvalue weighted by Gasteiger charge is -2.47. The van der Waals surface area contributed by atoms with Crippen LogP contribution in [0.3, 0.4) is 0 Å². The van der Waals surface area contributed by atoms with Crippen molar-refractivity contribution < 1.29 is 0 Å². The number of hydrogen-bond donors (Lipinski definition) is 1. The van der Waals surface area contributed by atoms with Crippen molar-refractivity contribution in [1.82, 2.24) is 5.32 Å². The van der Waals surface area contributed by atoms with E-state index in [9.17, 15) is 0 Å². The molecule has 2 heteroatoms. The fraction of sp³-hybridized carbons (Fsp3) is 0.625. The predicted molar refractivity (Wildman–Crippen MR) is 80.1 cm³/mol. The Hall–Kier alpha value is -0.470. The molecule has 0 radical (unpaired) electrons. The summed E-state index contributed by atoms with van der Waals surface area (Å²) in [5.74, 6) is 3.61. The van der Waals surface area contributed by atoms with Gasteiger partial charge in [-0.3, -0.25) is 0 Å². The second kappa shape index (κ2) is 5.66. The van der Waals surface area contributed by atoms with Crippen LogP contribution in [-0.4, -0.2) is 24.6 Å². The zero-order valence-electron chi connectivity index (χ0n) is 11.0. The van der Waals surface area contributed by atoms with Gasteiger partial charge in [-0.1, -0.05) is 30.3 Å². The Morgan fingerprint density at radius 3 is 2.89 bits per heavy atom. The Morgan fingerprint density at radius 1 is 1.22 bits per heavy atom. The quantitative estimate of drug-likeness (QED) is 0.876. The maximum Gasteiger partial charge on any atom is -0.000708 e. The molecule has 2 saturated heterocycles. The van der Waals surface area contributed by atoms with Crippen molar-refractivity contribution in [2.45, 2.75) is 25.7 Å². The van der Waals surface area contributed by atoms with Crippen LogP contribution < -0.4 is 5.32 Å². The van der Waals surface area contributed by atoms with Crippen LogP contribution in [-0.2, 0) is 6.42 Å². The first-order valence-corrected chi connectivity index (χ1v) is 8.37. The van der Waals surface area contributed by atoms with E-state index >= 15 is 0 Å². The highest BCUT2D eigenvalue weighted by Crippen LogP contribution is 2.46. The number of hydrogen-bond acceptors (Lipinski definition) is 2. The molecule has 0 amide bonds. The summed E-state index contributed by atoms with van der Waals surface area (Å²) in [4.78, 5) is 0. The van der Waals surface area contributed by atoms with Crippen molar-refractivity contribution in [2.24, 2.45) is 11.3 Å². The molecule has 0 saturated carbocycles. The third-order valence-electron chi connectivity index (χ3n) is 4.73. The average Bonchev–Trinajstić information content (AvgIpc) is 2.44. The molecule has 1 nitrogen and oxygen atoms in total. The second-order valence-corrected chi connectivity index (χ2v) is 6.96. The first kappa shape index (κ1) is 12.6. The number of thioether (sulfide) groups is 1. The zero-order chi connectivity index (χ0) is 12.3. The molecule has 1 N–H and O–H groups in total. The Kier molecular flexibility index (Phi) is 3.95. The van der Waals surface area contributed by atoms with Gasteiger partial charge >= 0.3 is 0 Å². The van der Waals surface area contributed by atoms with Gasteiger partial charge in [0.15, 0.2) is 0 Å². The van der Waals surface area contributed by atoms with E-state index in [-0.39, 0.29) is 0 Å². The molecule has 1 aromatic rings. The molecule has 0 bridgehead atoms. The summed E-state index contributed by atoms with van der Waals surface area (Å²) < 4.78 is 0. The van der Waals surface area contributed by atoms with Gasteiger partial charge in [-0.25, -0.2) is 0 Å². The molecule has 98 valence electrons. The molecule has 2 fully saturated rings. The first-order chi connectivity index (χ1) is 8.89. The van der Waals surface area contributed by atoms with Crippen LogP contribution in [0, 0.1) is 11.3 Å². The molecule has 0 aliphatic carbocycles. The van der Waals surface area contributed by atoms with Gasteiger partial charge in [-0.15, -0.1) is 0 Å². The molecular weight excluding hydrogens is 238 g/mol. The van der Waals surface area contributed by atoms with E-state index in [0.717, 1.165) is 5.92 Å². The lowest BCUT2D eigenvalue weighted by Crippen LogP contribution is -2.48. The summed E-state index contributed by atoms with van der Waals surface area (Å²) >= 11 is 2.19. The number of piperidine rings is 1.